The van der Waals surface area contributed by atoms with Crippen LogP contribution < -0.4 is 0 Å². The normalized spacial score (nSPS) is 12.2. The van der Waals surface area contributed by atoms with Gasteiger partial charge in [0.1, 0.15) is 0 Å². The average molecular weight is 356 g/mol. The molecule has 0 aliphatic carbocycles. The summed E-state index contributed by atoms with van der Waals surface area (Å²) in [6.07, 6.45) is 0.607. The molecule has 0 aromatic heterocycles. The third-order valence-corrected chi connectivity index (χ3v) is 4.49. The minimum absolute atomic E-state index is 0.0360. The van der Waals surface area contributed by atoms with Crippen LogP contribution in [-0.2, 0) is 0 Å². The van der Waals surface area contributed by atoms with Crippen molar-refractivity contribution < 1.29 is 9.18 Å². The Balaban J connectivity index is 2.42. The molecule has 0 fully saturated rings. The van der Waals surface area contributed by atoms with Crippen LogP contribution in [0.15, 0.2) is 46.9 Å². The van der Waals surface area contributed by atoms with Crippen molar-refractivity contribution in [3.8, 4) is 0 Å². The predicted octanol–water partition coefficient (Wildman–Crippen LogP) is 5.62. The summed E-state index contributed by atoms with van der Waals surface area (Å²) in [5.74, 6) is -1.27. The molecule has 0 heterocycles. The lowest BCUT2D eigenvalue weighted by Gasteiger charge is -2.15. The number of benzene rings is 2. The van der Waals surface area contributed by atoms with Gasteiger partial charge >= 0.3 is 0 Å². The van der Waals surface area contributed by atoms with Crippen molar-refractivity contribution in [2.45, 2.75) is 19.3 Å². The van der Waals surface area contributed by atoms with E-state index in [2.05, 4.69) is 15.9 Å². The van der Waals surface area contributed by atoms with Crippen molar-refractivity contribution in [3.05, 3.63) is 68.9 Å². The van der Waals surface area contributed by atoms with E-state index in [9.17, 15) is 9.18 Å². The van der Waals surface area contributed by atoms with Crippen LogP contribution in [0.25, 0.3) is 0 Å². The fraction of sp³-hybridized carbons (Fsp3) is 0.188. The summed E-state index contributed by atoms with van der Waals surface area (Å²) < 4.78 is 14.6. The number of carbonyl (C=O) groups excluding carboxylic acids is 1. The summed E-state index contributed by atoms with van der Waals surface area (Å²) in [5, 5.41) is -0.0567. The standard InChI is InChI=1S/C16H13BrClFO/c1-2-11(10-6-4-3-5-7-10)16(20)12-8-9-13(17)14(18)15(12)19/h3-9,11H,2H2,1H3. The van der Waals surface area contributed by atoms with Gasteiger partial charge in [0.2, 0.25) is 0 Å². The summed E-state index contributed by atoms with van der Waals surface area (Å²) in [6.45, 7) is 1.91. The molecule has 0 N–H and O–H groups in total. The van der Waals surface area contributed by atoms with Crippen LogP contribution in [0.3, 0.4) is 0 Å². The van der Waals surface area contributed by atoms with E-state index in [0.29, 0.717) is 10.9 Å². The second-order valence-electron chi connectivity index (χ2n) is 4.46. The van der Waals surface area contributed by atoms with Crippen LogP contribution in [0.4, 0.5) is 4.39 Å². The molecule has 0 saturated heterocycles. The second-order valence-corrected chi connectivity index (χ2v) is 5.69. The van der Waals surface area contributed by atoms with Gasteiger partial charge in [0.15, 0.2) is 11.6 Å². The SMILES string of the molecule is CCC(C(=O)c1ccc(Br)c(Cl)c1F)c1ccccc1. The molecule has 2 aromatic rings. The molecule has 1 unspecified atom stereocenters. The first kappa shape index (κ1) is 15.2. The first-order chi connectivity index (χ1) is 9.56. The van der Waals surface area contributed by atoms with Crippen molar-refractivity contribution in [2.75, 3.05) is 0 Å². The van der Waals surface area contributed by atoms with Gasteiger partial charge in [-0.1, -0.05) is 48.9 Å². The fourth-order valence-corrected chi connectivity index (χ4v) is 2.63. The molecular formula is C16H13BrClFO. The van der Waals surface area contributed by atoms with Crippen LogP contribution in [0.2, 0.25) is 5.02 Å². The second kappa shape index (κ2) is 6.51. The van der Waals surface area contributed by atoms with Gasteiger partial charge in [-0.15, -0.1) is 0 Å². The molecule has 0 aliphatic heterocycles. The molecule has 1 nitrogen and oxygen atoms in total. The van der Waals surface area contributed by atoms with E-state index in [0.717, 1.165) is 5.56 Å². The Bertz CT molecular complexity index is 628. The first-order valence-electron chi connectivity index (χ1n) is 6.29. The highest BCUT2D eigenvalue weighted by Gasteiger charge is 2.24. The highest BCUT2D eigenvalue weighted by molar-refractivity contribution is 9.10. The quantitative estimate of drug-likeness (QED) is 0.514. The molecule has 2 rings (SSSR count). The minimum atomic E-state index is -0.666. The summed E-state index contributed by atoms with van der Waals surface area (Å²) in [4.78, 5) is 12.5. The van der Waals surface area contributed by atoms with Crippen LogP contribution >= 0.6 is 27.5 Å². The highest BCUT2D eigenvalue weighted by atomic mass is 79.9. The molecule has 0 amide bonds. The Hall–Kier alpha value is -1.19. The van der Waals surface area contributed by atoms with Gasteiger partial charge in [-0.3, -0.25) is 4.79 Å². The maximum absolute atomic E-state index is 14.1. The third-order valence-electron chi connectivity index (χ3n) is 3.23. The molecule has 2 aromatic carbocycles. The Morgan fingerprint density at radius 3 is 2.50 bits per heavy atom. The Kier molecular flexibility index (Phi) is 4.95. The smallest absolute Gasteiger partial charge is 0.173 e. The largest absolute Gasteiger partial charge is 0.293 e. The molecule has 0 spiro atoms. The van der Waals surface area contributed by atoms with Crippen LogP contribution in [0.5, 0.6) is 0 Å². The lowest BCUT2D eigenvalue weighted by atomic mass is 9.88. The van der Waals surface area contributed by atoms with Gasteiger partial charge in [-0.25, -0.2) is 4.39 Å². The molecule has 20 heavy (non-hydrogen) atoms. The maximum Gasteiger partial charge on any atom is 0.173 e. The van der Waals surface area contributed by atoms with Crippen LogP contribution in [0, 0.1) is 5.82 Å². The van der Waals surface area contributed by atoms with Gasteiger partial charge in [0.25, 0.3) is 0 Å². The first-order valence-corrected chi connectivity index (χ1v) is 7.46. The predicted molar refractivity (Wildman–Crippen MR) is 82.9 cm³/mol. The van der Waals surface area contributed by atoms with E-state index >= 15 is 0 Å². The number of Topliss-reactive ketones (excluding diaryl/α,β-unsaturated/α-hetero) is 1. The Morgan fingerprint density at radius 2 is 1.90 bits per heavy atom. The van der Waals surface area contributed by atoms with E-state index in [1.807, 2.05) is 37.3 Å². The zero-order chi connectivity index (χ0) is 14.7. The van der Waals surface area contributed by atoms with Gasteiger partial charge < -0.3 is 0 Å². The summed E-state index contributed by atoms with van der Waals surface area (Å²) in [5.41, 5.74) is 0.923. The minimum Gasteiger partial charge on any atom is -0.293 e. The number of rotatable bonds is 4. The van der Waals surface area contributed by atoms with Crippen molar-refractivity contribution in [1.82, 2.24) is 0 Å². The zero-order valence-electron chi connectivity index (χ0n) is 10.9. The molecular weight excluding hydrogens is 343 g/mol. The molecule has 0 saturated carbocycles. The topological polar surface area (TPSA) is 17.1 Å². The van der Waals surface area contributed by atoms with Crippen molar-refractivity contribution >= 4 is 33.3 Å². The van der Waals surface area contributed by atoms with Crippen molar-refractivity contribution in [3.63, 3.8) is 0 Å². The fourth-order valence-electron chi connectivity index (χ4n) is 2.16. The molecule has 0 radical (unpaired) electrons. The van der Waals surface area contributed by atoms with Gasteiger partial charge in [-0.05, 0) is 40.0 Å². The van der Waals surface area contributed by atoms with Crippen molar-refractivity contribution in [2.24, 2.45) is 0 Å². The third kappa shape index (κ3) is 2.94. The monoisotopic (exact) mass is 354 g/mol. The average Bonchev–Trinajstić information content (AvgIpc) is 2.47. The van der Waals surface area contributed by atoms with E-state index in [1.54, 1.807) is 6.07 Å². The summed E-state index contributed by atoms with van der Waals surface area (Å²) >= 11 is 8.99. The molecule has 4 heteroatoms. The lowest BCUT2D eigenvalue weighted by Crippen LogP contribution is -2.14. The lowest BCUT2D eigenvalue weighted by molar-refractivity contribution is 0.0953. The maximum atomic E-state index is 14.1. The van der Waals surface area contributed by atoms with E-state index in [1.165, 1.54) is 6.07 Å². The van der Waals surface area contributed by atoms with Crippen molar-refractivity contribution in [1.29, 1.82) is 0 Å². The van der Waals surface area contributed by atoms with Crippen LogP contribution in [0.1, 0.15) is 35.2 Å². The molecule has 1 atom stereocenters. The Morgan fingerprint density at radius 1 is 1.25 bits per heavy atom. The summed E-state index contributed by atoms with van der Waals surface area (Å²) in [7, 11) is 0. The van der Waals surface area contributed by atoms with Crippen LogP contribution in [-0.4, -0.2) is 5.78 Å². The van der Waals surface area contributed by atoms with Gasteiger partial charge in [-0.2, -0.15) is 0 Å². The number of halogens is 3. The summed E-state index contributed by atoms with van der Waals surface area (Å²) in [6, 6.07) is 12.5. The van der Waals surface area contributed by atoms with E-state index in [4.69, 9.17) is 11.6 Å². The number of carbonyl (C=O) groups is 1. The highest BCUT2D eigenvalue weighted by Crippen LogP contribution is 2.31. The molecule has 0 aliphatic rings. The number of ketones is 1. The molecule has 104 valence electrons. The number of hydrogen-bond donors (Lipinski definition) is 0. The van der Waals surface area contributed by atoms with Gasteiger partial charge in [0, 0.05) is 10.4 Å². The van der Waals surface area contributed by atoms with Gasteiger partial charge in [0.05, 0.1) is 10.6 Å². The van der Waals surface area contributed by atoms with E-state index in [-0.39, 0.29) is 22.3 Å². The van der Waals surface area contributed by atoms with E-state index < -0.39 is 5.82 Å². The Labute approximate surface area is 130 Å². The molecule has 0 bridgehead atoms. The number of hydrogen-bond acceptors (Lipinski definition) is 1. The zero-order valence-corrected chi connectivity index (χ0v) is 13.2.